The van der Waals surface area contributed by atoms with Crippen molar-refractivity contribution in [3.63, 3.8) is 0 Å². The van der Waals surface area contributed by atoms with Crippen molar-refractivity contribution in [3.8, 4) is 0 Å². The maximum Gasteiger partial charge on any atom is 0.253 e. The molecule has 2 heterocycles. The number of likely N-dealkylation sites (N-methyl/N-ethyl adjacent to an activating group) is 1. The van der Waals surface area contributed by atoms with Crippen molar-refractivity contribution >= 4 is 17.5 Å². The largest absolute Gasteiger partial charge is 0.337 e. The van der Waals surface area contributed by atoms with Crippen LogP contribution in [0.5, 0.6) is 0 Å². The molecule has 2 aliphatic rings. The minimum absolute atomic E-state index is 0.151. The maximum absolute atomic E-state index is 12.7. The molecule has 2 aliphatic heterocycles. The lowest BCUT2D eigenvalue weighted by Crippen LogP contribution is -2.39. The summed E-state index contributed by atoms with van der Waals surface area (Å²) in [6, 6.07) is 8.88. The van der Waals surface area contributed by atoms with Crippen molar-refractivity contribution in [1.29, 1.82) is 0 Å². The maximum atomic E-state index is 12.7. The molecule has 1 aromatic carbocycles. The van der Waals surface area contributed by atoms with Gasteiger partial charge in [0, 0.05) is 36.6 Å². The number of carbonyl (C=O) groups excluding carboxylic acids is 1. The first kappa shape index (κ1) is 13.9. The van der Waals surface area contributed by atoms with Gasteiger partial charge in [-0.15, -0.1) is 11.6 Å². The Morgan fingerprint density at radius 1 is 1.30 bits per heavy atom. The average Bonchev–Trinajstić information content (AvgIpc) is 2.71. The molecule has 20 heavy (non-hydrogen) atoms. The van der Waals surface area contributed by atoms with Crippen molar-refractivity contribution in [1.82, 2.24) is 9.80 Å². The van der Waals surface area contributed by atoms with E-state index in [4.69, 9.17) is 11.6 Å². The van der Waals surface area contributed by atoms with Gasteiger partial charge in [-0.2, -0.15) is 0 Å². The summed E-state index contributed by atoms with van der Waals surface area (Å²) >= 11 is 5.85. The second-order valence-corrected chi connectivity index (χ2v) is 6.19. The van der Waals surface area contributed by atoms with Gasteiger partial charge in [-0.3, -0.25) is 9.69 Å². The van der Waals surface area contributed by atoms with Crippen LogP contribution in [-0.2, 0) is 5.88 Å². The highest BCUT2D eigenvalue weighted by molar-refractivity contribution is 6.17. The first-order valence-electron chi connectivity index (χ1n) is 7.35. The topological polar surface area (TPSA) is 23.6 Å². The SMILES string of the molecule is CN1C2CCC1CN(C(=O)c1cccc(CCl)c1)CC2. The molecule has 0 N–H and O–H groups in total. The Morgan fingerprint density at radius 3 is 2.90 bits per heavy atom. The number of amides is 1. The highest BCUT2D eigenvalue weighted by Gasteiger charge is 2.36. The molecule has 4 heteroatoms. The van der Waals surface area contributed by atoms with Crippen molar-refractivity contribution in [2.75, 3.05) is 20.1 Å². The zero-order valence-corrected chi connectivity index (χ0v) is 12.6. The monoisotopic (exact) mass is 292 g/mol. The molecule has 0 aliphatic carbocycles. The van der Waals surface area contributed by atoms with Crippen LogP contribution in [0.1, 0.15) is 35.2 Å². The van der Waals surface area contributed by atoms with Gasteiger partial charge >= 0.3 is 0 Å². The fraction of sp³-hybridized carbons (Fsp3) is 0.562. The number of carbonyl (C=O) groups is 1. The summed E-state index contributed by atoms with van der Waals surface area (Å²) < 4.78 is 0. The van der Waals surface area contributed by atoms with E-state index in [-0.39, 0.29) is 5.91 Å². The molecule has 3 rings (SSSR count). The Morgan fingerprint density at radius 2 is 2.10 bits per heavy atom. The number of rotatable bonds is 2. The third-order valence-corrected chi connectivity index (χ3v) is 5.07. The molecule has 0 aromatic heterocycles. The summed E-state index contributed by atoms with van der Waals surface area (Å²) in [6.07, 6.45) is 3.59. The van der Waals surface area contributed by atoms with Crippen LogP contribution in [0.15, 0.2) is 24.3 Å². The summed E-state index contributed by atoms with van der Waals surface area (Å²) in [7, 11) is 2.20. The van der Waals surface area contributed by atoms with Crippen LogP contribution in [0.4, 0.5) is 0 Å². The Bertz CT molecular complexity index is 505. The number of hydrogen-bond donors (Lipinski definition) is 0. The second kappa shape index (κ2) is 5.74. The summed E-state index contributed by atoms with van der Waals surface area (Å²) in [5.41, 5.74) is 1.77. The van der Waals surface area contributed by atoms with Gasteiger partial charge in [0.15, 0.2) is 0 Å². The normalized spacial score (nSPS) is 26.6. The van der Waals surface area contributed by atoms with Crippen molar-refractivity contribution in [2.45, 2.75) is 37.2 Å². The van der Waals surface area contributed by atoms with Gasteiger partial charge in [0.25, 0.3) is 5.91 Å². The Labute approximate surface area is 125 Å². The van der Waals surface area contributed by atoms with Crippen LogP contribution in [0.2, 0.25) is 0 Å². The van der Waals surface area contributed by atoms with Crippen LogP contribution in [0, 0.1) is 0 Å². The zero-order valence-electron chi connectivity index (χ0n) is 11.9. The van der Waals surface area contributed by atoms with Gasteiger partial charge in [0.05, 0.1) is 0 Å². The lowest BCUT2D eigenvalue weighted by molar-refractivity contribution is 0.0740. The Kier molecular flexibility index (Phi) is 3.99. The third kappa shape index (κ3) is 2.57. The predicted octanol–water partition coefficient (Wildman–Crippen LogP) is 2.73. The van der Waals surface area contributed by atoms with E-state index in [1.54, 1.807) is 0 Å². The molecule has 2 bridgehead atoms. The van der Waals surface area contributed by atoms with E-state index in [9.17, 15) is 4.79 Å². The van der Waals surface area contributed by atoms with Crippen LogP contribution >= 0.6 is 11.6 Å². The quantitative estimate of drug-likeness (QED) is 0.783. The molecule has 2 unspecified atom stereocenters. The van der Waals surface area contributed by atoms with Gasteiger partial charge in [-0.25, -0.2) is 0 Å². The average molecular weight is 293 g/mol. The summed E-state index contributed by atoms with van der Waals surface area (Å²) in [5, 5.41) is 0. The van der Waals surface area contributed by atoms with Crippen molar-refractivity contribution < 1.29 is 4.79 Å². The first-order valence-corrected chi connectivity index (χ1v) is 7.88. The van der Waals surface area contributed by atoms with E-state index >= 15 is 0 Å². The van der Waals surface area contributed by atoms with E-state index in [0.29, 0.717) is 18.0 Å². The van der Waals surface area contributed by atoms with E-state index < -0.39 is 0 Å². The molecule has 2 saturated heterocycles. The fourth-order valence-electron chi connectivity index (χ4n) is 3.46. The first-order chi connectivity index (χ1) is 9.69. The highest BCUT2D eigenvalue weighted by atomic mass is 35.5. The molecule has 2 fully saturated rings. The molecule has 0 spiro atoms. The second-order valence-electron chi connectivity index (χ2n) is 5.92. The number of alkyl halides is 1. The van der Waals surface area contributed by atoms with Crippen LogP contribution < -0.4 is 0 Å². The lowest BCUT2D eigenvalue weighted by Gasteiger charge is -2.26. The molecule has 0 saturated carbocycles. The van der Waals surface area contributed by atoms with Gasteiger partial charge < -0.3 is 4.90 Å². The predicted molar refractivity (Wildman–Crippen MR) is 81.1 cm³/mol. The molecule has 0 radical (unpaired) electrons. The molecule has 108 valence electrons. The van der Waals surface area contributed by atoms with Gasteiger partial charge in [0.1, 0.15) is 0 Å². The van der Waals surface area contributed by atoms with Gasteiger partial charge in [0.2, 0.25) is 0 Å². The van der Waals surface area contributed by atoms with Crippen LogP contribution in [0.3, 0.4) is 0 Å². The highest BCUT2D eigenvalue weighted by Crippen LogP contribution is 2.29. The Hall–Kier alpha value is -1.06. The van der Waals surface area contributed by atoms with Gasteiger partial charge in [-0.05, 0) is 44.0 Å². The molecule has 1 aromatic rings. The third-order valence-electron chi connectivity index (χ3n) is 4.76. The Balaban J connectivity index is 1.77. The van der Waals surface area contributed by atoms with Crippen molar-refractivity contribution in [2.24, 2.45) is 0 Å². The summed E-state index contributed by atoms with van der Waals surface area (Å²) in [6.45, 7) is 1.73. The number of nitrogens with zero attached hydrogens (tertiary/aromatic N) is 2. The molecular formula is C16H21ClN2O. The summed E-state index contributed by atoms with van der Waals surface area (Å²) in [5.74, 6) is 0.604. The number of halogens is 1. The van der Waals surface area contributed by atoms with E-state index in [0.717, 1.165) is 30.6 Å². The fourth-order valence-corrected chi connectivity index (χ4v) is 3.63. The summed E-state index contributed by atoms with van der Waals surface area (Å²) in [4.78, 5) is 17.2. The molecule has 3 nitrogen and oxygen atoms in total. The standard InChI is InChI=1S/C16H21ClN2O/c1-18-14-5-6-15(18)11-19(8-7-14)16(20)13-4-2-3-12(9-13)10-17/h2-4,9,14-15H,5-8,10-11H2,1H3. The minimum atomic E-state index is 0.151. The van der Waals surface area contributed by atoms with E-state index in [1.165, 1.54) is 12.8 Å². The van der Waals surface area contributed by atoms with E-state index in [1.807, 2.05) is 29.2 Å². The van der Waals surface area contributed by atoms with Gasteiger partial charge in [-0.1, -0.05) is 12.1 Å². The number of hydrogen-bond acceptors (Lipinski definition) is 2. The van der Waals surface area contributed by atoms with E-state index in [2.05, 4.69) is 11.9 Å². The molecular weight excluding hydrogens is 272 g/mol. The van der Waals surface area contributed by atoms with Crippen LogP contribution in [-0.4, -0.2) is 47.9 Å². The lowest BCUT2D eigenvalue weighted by atomic mass is 10.1. The van der Waals surface area contributed by atoms with Crippen LogP contribution in [0.25, 0.3) is 0 Å². The number of fused-ring (bicyclic) bond motifs is 2. The minimum Gasteiger partial charge on any atom is -0.337 e. The molecule has 1 amide bonds. The number of benzene rings is 1. The smallest absolute Gasteiger partial charge is 0.253 e. The number of likely N-dealkylation sites (tertiary alicyclic amines) is 1. The van der Waals surface area contributed by atoms with Crippen molar-refractivity contribution in [3.05, 3.63) is 35.4 Å². The molecule has 2 atom stereocenters. The zero-order chi connectivity index (χ0) is 14.1.